The predicted octanol–water partition coefficient (Wildman–Crippen LogP) is 4.27. The zero-order valence-corrected chi connectivity index (χ0v) is 19.0. The van der Waals surface area contributed by atoms with Crippen LogP contribution in [0.3, 0.4) is 0 Å². The Bertz CT molecular complexity index is 682. The van der Waals surface area contributed by atoms with E-state index in [4.69, 9.17) is 16.6 Å². The molecular formula is C20H32N2O2SSi. The minimum Gasteiger partial charge on any atom is -0.413 e. The highest BCUT2D eigenvalue weighted by atomic mass is 32.1. The third kappa shape index (κ3) is 4.23. The standard InChI is InChI=1S/C20H32N2O2SSi/c1-12-9-10-15(21-11-12)18(25)13(2)17-16(19(23)22-17)14(3)24-26(7,8)20(4,5)6/h9-11,13-14,16-17H,1-8H3,(H,22,23)/t13-,14-,16-,17-/m1/s1. The van der Waals surface area contributed by atoms with Gasteiger partial charge < -0.3 is 9.74 Å². The number of hydrogen-bond acceptors (Lipinski definition) is 4. The molecule has 0 aliphatic carbocycles. The molecule has 0 aromatic carbocycles. The van der Waals surface area contributed by atoms with Gasteiger partial charge in [0, 0.05) is 17.0 Å². The number of β-lactam (4-membered cyclic amide) rings is 1. The zero-order chi connectivity index (χ0) is 19.9. The molecule has 1 amide bonds. The highest BCUT2D eigenvalue weighted by molar-refractivity contribution is 7.80. The van der Waals surface area contributed by atoms with Crippen LogP contribution in [0, 0.1) is 18.8 Å². The molecule has 1 aliphatic rings. The van der Waals surface area contributed by atoms with Crippen molar-refractivity contribution in [1.29, 1.82) is 0 Å². The third-order valence-corrected chi connectivity index (χ3v) is 11.1. The maximum absolute atomic E-state index is 12.3. The smallest absolute Gasteiger partial charge is 0.228 e. The molecule has 1 aromatic rings. The molecule has 0 saturated carbocycles. The average Bonchev–Trinajstić information content (AvgIpc) is 2.50. The molecule has 0 radical (unpaired) electrons. The first-order valence-corrected chi connectivity index (χ1v) is 12.6. The van der Waals surface area contributed by atoms with Crippen molar-refractivity contribution >= 4 is 31.3 Å². The molecule has 1 N–H and O–H groups in total. The second kappa shape index (κ2) is 7.48. The topological polar surface area (TPSA) is 51.2 Å². The Balaban J connectivity index is 2.11. The Kier molecular flexibility index (Phi) is 6.10. The monoisotopic (exact) mass is 392 g/mol. The van der Waals surface area contributed by atoms with Crippen LogP contribution in [0.25, 0.3) is 0 Å². The van der Waals surface area contributed by atoms with Crippen LogP contribution in [0.15, 0.2) is 18.3 Å². The summed E-state index contributed by atoms with van der Waals surface area (Å²) in [5, 5.41) is 3.16. The normalized spacial score (nSPS) is 23.0. The summed E-state index contributed by atoms with van der Waals surface area (Å²) < 4.78 is 6.48. The van der Waals surface area contributed by atoms with Gasteiger partial charge in [-0.15, -0.1) is 0 Å². The van der Waals surface area contributed by atoms with E-state index >= 15 is 0 Å². The summed E-state index contributed by atoms with van der Waals surface area (Å²) in [7, 11) is -1.93. The number of rotatable bonds is 6. The molecule has 1 aliphatic heterocycles. The van der Waals surface area contributed by atoms with Crippen molar-refractivity contribution in [3.8, 4) is 0 Å². The van der Waals surface area contributed by atoms with Crippen molar-refractivity contribution in [2.75, 3.05) is 0 Å². The van der Waals surface area contributed by atoms with Crippen LogP contribution in [-0.2, 0) is 9.22 Å². The number of aryl methyl sites for hydroxylation is 1. The number of hydrogen-bond donors (Lipinski definition) is 1. The Morgan fingerprint density at radius 2 is 1.92 bits per heavy atom. The van der Waals surface area contributed by atoms with Gasteiger partial charge in [-0.05, 0) is 43.6 Å². The molecule has 1 fully saturated rings. The number of amides is 1. The van der Waals surface area contributed by atoms with E-state index in [1.54, 1.807) is 0 Å². The Hall–Kier alpha value is -1.11. The fourth-order valence-corrected chi connectivity index (χ4v) is 4.78. The molecule has 4 nitrogen and oxygen atoms in total. The number of pyridine rings is 1. The van der Waals surface area contributed by atoms with Crippen molar-refractivity contribution in [2.24, 2.45) is 11.8 Å². The molecule has 0 spiro atoms. The zero-order valence-electron chi connectivity index (χ0n) is 17.2. The molecule has 1 aromatic heterocycles. The first-order chi connectivity index (χ1) is 11.8. The van der Waals surface area contributed by atoms with Crippen LogP contribution in [0.1, 0.15) is 45.9 Å². The SMILES string of the molecule is Cc1ccc(C(=S)[C@H](C)[C@H]2NC(=O)[C@@H]2[C@@H](C)O[Si](C)(C)C(C)(C)C)nc1. The van der Waals surface area contributed by atoms with Gasteiger partial charge in [-0.3, -0.25) is 9.78 Å². The Labute approximate surface area is 164 Å². The molecule has 2 rings (SSSR count). The van der Waals surface area contributed by atoms with E-state index < -0.39 is 8.32 Å². The van der Waals surface area contributed by atoms with E-state index in [-0.39, 0.29) is 34.9 Å². The van der Waals surface area contributed by atoms with Gasteiger partial charge in [-0.25, -0.2) is 0 Å². The molecule has 0 unspecified atom stereocenters. The van der Waals surface area contributed by atoms with E-state index in [0.717, 1.165) is 16.1 Å². The second-order valence-corrected chi connectivity index (χ2v) is 14.2. The van der Waals surface area contributed by atoms with E-state index in [2.05, 4.69) is 51.1 Å². The molecule has 6 heteroatoms. The molecule has 26 heavy (non-hydrogen) atoms. The van der Waals surface area contributed by atoms with Crippen molar-refractivity contribution in [3.05, 3.63) is 29.6 Å². The molecule has 4 atom stereocenters. The second-order valence-electron chi connectivity index (χ2n) is 9.02. The summed E-state index contributed by atoms with van der Waals surface area (Å²) in [4.78, 5) is 17.5. The molecule has 1 saturated heterocycles. The van der Waals surface area contributed by atoms with Gasteiger partial charge in [0.1, 0.15) is 0 Å². The van der Waals surface area contributed by atoms with Gasteiger partial charge in [0.2, 0.25) is 5.91 Å². The number of carbonyl (C=O) groups is 1. The largest absolute Gasteiger partial charge is 0.413 e. The summed E-state index contributed by atoms with van der Waals surface area (Å²) in [5.41, 5.74) is 1.92. The lowest BCUT2D eigenvalue weighted by Gasteiger charge is -2.47. The van der Waals surface area contributed by atoms with Gasteiger partial charge in [0.05, 0.1) is 23.8 Å². The lowest BCUT2D eigenvalue weighted by Crippen LogP contribution is -2.66. The number of thiocarbonyl (C=S) groups is 1. The fourth-order valence-electron chi connectivity index (χ4n) is 3.08. The number of carbonyl (C=O) groups excluding carboxylic acids is 1. The number of nitrogens with one attached hydrogen (secondary N) is 1. The maximum Gasteiger partial charge on any atom is 0.228 e. The van der Waals surface area contributed by atoms with Crippen LogP contribution in [0.5, 0.6) is 0 Å². The average molecular weight is 393 g/mol. The van der Waals surface area contributed by atoms with E-state index in [1.807, 2.05) is 32.2 Å². The summed E-state index contributed by atoms with van der Waals surface area (Å²) in [6, 6.07) is 3.97. The fraction of sp³-hybridized carbons (Fsp3) is 0.650. The van der Waals surface area contributed by atoms with Gasteiger partial charge in [-0.1, -0.05) is 46.0 Å². The molecule has 144 valence electrons. The number of nitrogens with zero attached hydrogens (tertiary/aromatic N) is 1. The van der Waals surface area contributed by atoms with Crippen LogP contribution in [0.2, 0.25) is 18.1 Å². The Morgan fingerprint density at radius 3 is 2.38 bits per heavy atom. The highest BCUT2D eigenvalue weighted by Gasteiger charge is 2.49. The molecule has 0 bridgehead atoms. The van der Waals surface area contributed by atoms with Crippen LogP contribution in [0.4, 0.5) is 0 Å². The van der Waals surface area contributed by atoms with Crippen molar-refractivity contribution in [2.45, 2.75) is 71.8 Å². The lowest BCUT2D eigenvalue weighted by molar-refractivity contribution is -0.140. The molecular weight excluding hydrogens is 360 g/mol. The summed E-state index contributed by atoms with van der Waals surface area (Å²) in [6.07, 6.45) is 1.71. The quantitative estimate of drug-likeness (QED) is 0.340. The third-order valence-electron chi connectivity index (χ3n) is 5.91. The van der Waals surface area contributed by atoms with Crippen molar-refractivity contribution < 1.29 is 9.22 Å². The number of aromatic nitrogens is 1. The van der Waals surface area contributed by atoms with Crippen molar-refractivity contribution in [1.82, 2.24) is 10.3 Å². The first-order valence-electron chi connectivity index (χ1n) is 9.30. The lowest BCUT2D eigenvalue weighted by atomic mass is 9.77. The van der Waals surface area contributed by atoms with Gasteiger partial charge in [-0.2, -0.15) is 0 Å². The minimum atomic E-state index is -1.93. The van der Waals surface area contributed by atoms with Crippen molar-refractivity contribution in [3.63, 3.8) is 0 Å². The summed E-state index contributed by atoms with van der Waals surface area (Å²) in [5.74, 6) is -0.0661. The first kappa shape index (κ1) is 21.2. The van der Waals surface area contributed by atoms with Gasteiger partial charge in [0.15, 0.2) is 8.32 Å². The van der Waals surface area contributed by atoms with Crippen LogP contribution < -0.4 is 5.32 Å². The highest BCUT2D eigenvalue weighted by Crippen LogP contribution is 2.39. The molecule has 2 heterocycles. The maximum atomic E-state index is 12.3. The van der Waals surface area contributed by atoms with Crippen LogP contribution in [-0.4, -0.2) is 36.2 Å². The van der Waals surface area contributed by atoms with Gasteiger partial charge >= 0.3 is 0 Å². The van der Waals surface area contributed by atoms with E-state index in [9.17, 15) is 4.79 Å². The van der Waals surface area contributed by atoms with E-state index in [0.29, 0.717) is 0 Å². The minimum absolute atomic E-state index is 0.00197. The Morgan fingerprint density at radius 1 is 1.31 bits per heavy atom. The summed E-state index contributed by atoms with van der Waals surface area (Å²) >= 11 is 5.66. The van der Waals surface area contributed by atoms with Crippen LogP contribution >= 0.6 is 12.2 Å². The van der Waals surface area contributed by atoms with Gasteiger partial charge in [0.25, 0.3) is 0 Å². The van der Waals surface area contributed by atoms with E-state index in [1.165, 1.54) is 0 Å². The summed E-state index contributed by atoms with van der Waals surface area (Å²) in [6.45, 7) is 17.2. The predicted molar refractivity (Wildman–Crippen MR) is 113 cm³/mol.